The zero-order chi connectivity index (χ0) is 19.2. The number of rotatable bonds is 2. The van der Waals surface area contributed by atoms with Gasteiger partial charge in [0.1, 0.15) is 5.82 Å². The van der Waals surface area contributed by atoms with E-state index in [1.165, 1.54) is 0 Å². The van der Waals surface area contributed by atoms with Crippen LogP contribution in [0, 0.1) is 0 Å². The molecule has 0 saturated carbocycles. The molecule has 0 bridgehead atoms. The summed E-state index contributed by atoms with van der Waals surface area (Å²) in [5.41, 5.74) is 0.619. The van der Waals surface area contributed by atoms with E-state index in [0.717, 1.165) is 30.4 Å². The van der Waals surface area contributed by atoms with Crippen LogP contribution >= 0.6 is 0 Å². The second kappa shape index (κ2) is 6.63. The fourth-order valence-electron chi connectivity index (χ4n) is 3.44. The third-order valence-electron chi connectivity index (χ3n) is 5.24. The third kappa shape index (κ3) is 3.31. The summed E-state index contributed by atoms with van der Waals surface area (Å²) in [6.07, 6.45) is 0. The molecule has 9 nitrogen and oxygen atoms in total. The predicted molar refractivity (Wildman–Crippen MR) is 101 cm³/mol. The Bertz CT molecular complexity index is 832. The molecule has 4 heterocycles. The molecule has 4 rings (SSSR count). The van der Waals surface area contributed by atoms with Crippen LogP contribution in [-0.2, 0) is 10.2 Å². The van der Waals surface area contributed by atoms with Crippen LogP contribution in [0.5, 0.6) is 0 Å². The number of carbonyl (C=O) groups excluding carboxylic acids is 1. The van der Waals surface area contributed by atoms with Crippen LogP contribution in [0.25, 0.3) is 5.65 Å². The topological polar surface area (TPSA) is 79.1 Å². The maximum absolute atomic E-state index is 12.6. The van der Waals surface area contributed by atoms with Crippen LogP contribution in [0.15, 0.2) is 12.1 Å². The van der Waals surface area contributed by atoms with Crippen molar-refractivity contribution in [3.8, 4) is 0 Å². The molecule has 0 radical (unpaired) electrons. The zero-order valence-corrected chi connectivity index (χ0v) is 16.4. The van der Waals surface area contributed by atoms with E-state index in [1.54, 1.807) is 0 Å². The minimum absolute atomic E-state index is 0.0835. The van der Waals surface area contributed by atoms with Gasteiger partial charge in [-0.25, -0.2) is 4.79 Å². The number of fused-ring (bicyclic) bond motifs is 1. The fourth-order valence-corrected chi connectivity index (χ4v) is 3.44. The van der Waals surface area contributed by atoms with Gasteiger partial charge in [0.15, 0.2) is 11.5 Å². The number of aromatic nitrogens is 4. The SMILES string of the molecule is CN(C(=O)N1CCOCC1)C1CN(c2ccc3nnc(C(C)(C)C)n3n2)C1. The Kier molecular flexibility index (Phi) is 4.41. The number of likely N-dealkylation sites (N-methyl/N-ethyl adjacent to an activating group) is 1. The van der Waals surface area contributed by atoms with Gasteiger partial charge in [0.25, 0.3) is 0 Å². The molecule has 2 fully saturated rings. The Morgan fingerprint density at radius 2 is 1.89 bits per heavy atom. The van der Waals surface area contributed by atoms with E-state index < -0.39 is 0 Å². The summed E-state index contributed by atoms with van der Waals surface area (Å²) in [6, 6.07) is 4.19. The first-order valence-corrected chi connectivity index (χ1v) is 9.42. The van der Waals surface area contributed by atoms with Crippen molar-refractivity contribution in [1.29, 1.82) is 0 Å². The summed E-state index contributed by atoms with van der Waals surface area (Å²) < 4.78 is 7.15. The van der Waals surface area contributed by atoms with Gasteiger partial charge in [0.2, 0.25) is 0 Å². The highest BCUT2D eigenvalue weighted by molar-refractivity contribution is 5.75. The van der Waals surface area contributed by atoms with Crippen LogP contribution in [0.1, 0.15) is 26.6 Å². The van der Waals surface area contributed by atoms with E-state index in [-0.39, 0.29) is 17.5 Å². The molecule has 0 spiro atoms. The van der Waals surface area contributed by atoms with Crippen molar-refractivity contribution in [2.24, 2.45) is 0 Å². The van der Waals surface area contributed by atoms with Gasteiger partial charge in [0, 0.05) is 38.6 Å². The maximum Gasteiger partial charge on any atom is 0.320 e. The van der Waals surface area contributed by atoms with Gasteiger partial charge in [0.05, 0.1) is 19.3 Å². The number of anilines is 1. The predicted octanol–water partition coefficient (Wildman–Crippen LogP) is 0.994. The number of hydrogen-bond donors (Lipinski definition) is 0. The number of amides is 2. The monoisotopic (exact) mass is 373 g/mol. The van der Waals surface area contributed by atoms with Crippen molar-refractivity contribution in [1.82, 2.24) is 29.6 Å². The van der Waals surface area contributed by atoms with E-state index in [9.17, 15) is 4.79 Å². The Hall–Kier alpha value is -2.42. The Labute approximate surface area is 158 Å². The quantitative estimate of drug-likeness (QED) is 0.781. The van der Waals surface area contributed by atoms with Crippen LogP contribution in [-0.4, -0.2) is 88.1 Å². The highest BCUT2D eigenvalue weighted by Gasteiger charge is 2.35. The molecule has 0 atom stereocenters. The molecular weight excluding hydrogens is 346 g/mol. The smallest absolute Gasteiger partial charge is 0.320 e. The second-order valence-electron chi connectivity index (χ2n) is 8.29. The van der Waals surface area contributed by atoms with Gasteiger partial charge in [-0.15, -0.1) is 15.3 Å². The average Bonchev–Trinajstić information content (AvgIpc) is 3.04. The van der Waals surface area contributed by atoms with E-state index in [2.05, 4.69) is 35.9 Å². The van der Waals surface area contributed by atoms with Gasteiger partial charge < -0.3 is 19.4 Å². The Morgan fingerprint density at radius 1 is 1.19 bits per heavy atom. The van der Waals surface area contributed by atoms with Crippen molar-refractivity contribution in [2.45, 2.75) is 32.2 Å². The third-order valence-corrected chi connectivity index (χ3v) is 5.24. The van der Waals surface area contributed by atoms with Crippen molar-refractivity contribution in [2.75, 3.05) is 51.3 Å². The highest BCUT2D eigenvalue weighted by atomic mass is 16.5. The van der Waals surface area contributed by atoms with Crippen molar-refractivity contribution in [3.05, 3.63) is 18.0 Å². The number of carbonyl (C=O) groups is 1. The molecule has 2 aliphatic heterocycles. The molecule has 2 aromatic heterocycles. The number of nitrogens with zero attached hydrogens (tertiary/aromatic N) is 7. The highest BCUT2D eigenvalue weighted by Crippen LogP contribution is 2.25. The summed E-state index contributed by atoms with van der Waals surface area (Å²) in [7, 11) is 1.88. The molecule has 0 unspecified atom stereocenters. The Morgan fingerprint density at radius 3 is 2.56 bits per heavy atom. The van der Waals surface area contributed by atoms with E-state index >= 15 is 0 Å². The summed E-state index contributed by atoms with van der Waals surface area (Å²) in [4.78, 5) is 18.5. The molecule has 2 aliphatic rings. The summed E-state index contributed by atoms with van der Waals surface area (Å²) in [5.74, 6) is 1.73. The maximum atomic E-state index is 12.6. The first kappa shape index (κ1) is 18.0. The number of urea groups is 1. The average molecular weight is 373 g/mol. The standard InChI is InChI=1S/C18H27N7O2/c1-18(2,3)16-20-19-14-5-6-15(21-25(14)16)24-11-13(12-24)22(4)17(26)23-7-9-27-10-8-23/h5-6,13H,7-12H2,1-4H3. The molecule has 0 aliphatic carbocycles. The van der Waals surface area contributed by atoms with Gasteiger partial charge in [-0.2, -0.15) is 4.52 Å². The van der Waals surface area contributed by atoms with Gasteiger partial charge in [-0.1, -0.05) is 20.8 Å². The lowest BCUT2D eigenvalue weighted by Crippen LogP contribution is -2.62. The second-order valence-corrected chi connectivity index (χ2v) is 8.29. The number of morpholine rings is 1. The van der Waals surface area contributed by atoms with Crippen LogP contribution in [0.3, 0.4) is 0 Å². The number of hydrogen-bond acceptors (Lipinski definition) is 6. The Balaban J connectivity index is 1.43. The van der Waals surface area contributed by atoms with Gasteiger partial charge in [-0.05, 0) is 12.1 Å². The summed E-state index contributed by atoms with van der Waals surface area (Å²) in [5, 5.41) is 13.2. The van der Waals surface area contributed by atoms with Crippen LogP contribution in [0.4, 0.5) is 10.6 Å². The molecule has 146 valence electrons. The van der Waals surface area contributed by atoms with E-state index in [1.807, 2.05) is 33.5 Å². The molecule has 9 heteroatoms. The van der Waals surface area contributed by atoms with Crippen molar-refractivity contribution in [3.63, 3.8) is 0 Å². The molecule has 2 amide bonds. The molecule has 2 aromatic rings. The minimum atomic E-state index is -0.132. The van der Waals surface area contributed by atoms with Gasteiger partial charge >= 0.3 is 6.03 Å². The van der Waals surface area contributed by atoms with Crippen LogP contribution in [0.2, 0.25) is 0 Å². The fraction of sp³-hybridized carbons (Fsp3) is 0.667. The van der Waals surface area contributed by atoms with Crippen molar-refractivity contribution < 1.29 is 9.53 Å². The summed E-state index contributed by atoms with van der Waals surface area (Å²) in [6.45, 7) is 10.4. The zero-order valence-electron chi connectivity index (χ0n) is 16.4. The lowest BCUT2D eigenvalue weighted by molar-refractivity contribution is 0.0407. The van der Waals surface area contributed by atoms with Crippen LogP contribution < -0.4 is 4.90 Å². The molecule has 27 heavy (non-hydrogen) atoms. The lowest BCUT2D eigenvalue weighted by Gasteiger charge is -2.45. The van der Waals surface area contributed by atoms with Gasteiger partial charge in [-0.3, -0.25) is 0 Å². The molecule has 2 saturated heterocycles. The first-order valence-electron chi connectivity index (χ1n) is 9.42. The molecular formula is C18H27N7O2. The number of ether oxygens (including phenoxy) is 1. The normalized spacial score (nSPS) is 18.7. The van der Waals surface area contributed by atoms with E-state index in [4.69, 9.17) is 9.84 Å². The molecule has 0 N–H and O–H groups in total. The lowest BCUT2D eigenvalue weighted by atomic mass is 9.96. The summed E-state index contributed by atoms with van der Waals surface area (Å²) >= 11 is 0. The minimum Gasteiger partial charge on any atom is -0.378 e. The first-order chi connectivity index (χ1) is 12.8. The van der Waals surface area contributed by atoms with Crippen molar-refractivity contribution >= 4 is 17.5 Å². The van der Waals surface area contributed by atoms with E-state index in [0.29, 0.717) is 26.3 Å². The molecule has 0 aromatic carbocycles. The largest absolute Gasteiger partial charge is 0.378 e.